The van der Waals surface area contributed by atoms with Gasteiger partial charge >= 0.3 is 11.9 Å². The van der Waals surface area contributed by atoms with Gasteiger partial charge < -0.3 is 9.84 Å². The SMILES string of the molecule is CC(=O)OCCCCCC/C=C/CCCCC(=O)O. The number of carboxylic acid groups (broad SMARTS) is 1. The van der Waals surface area contributed by atoms with Gasteiger partial charge in [0.1, 0.15) is 0 Å². The van der Waals surface area contributed by atoms with Crippen molar-refractivity contribution >= 4 is 11.9 Å². The summed E-state index contributed by atoms with van der Waals surface area (Å²) in [6.45, 7) is 1.97. The molecule has 0 aliphatic carbocycles. The fourth-order valence-corrected chi connectivity index (χ4v) is 1.71. The van der Waals surface area contributed by atoms with E-state index in [0.717, 1.165) is 51.4 Å². The van der Waals surface area contributed by atoms with Crippen molar-refractivity contribution in [1.82, 2.24) is 0 Å². The molecular formula is C15H26O4. The van der Waals surface area contributed by atoms with E-state index in [-0.39, 0.29) is 12.4 Å². The van der Waals surface area contributed by atoms with Crippen molar-refractivity contribution in [2.75, 3.05) is 6.61 Å². The molecule has 0 bridgehead atoms. The van der Waals surface area contributed by atoms with E-state index >= 15 is 0 Å². The smallest absolute Gasteiger partial charge is 0.303 e. The third kappa shape index (κ3) is 16.7. The third-order valence-electron chi connectivity index (χ3n) is 2.75. The Morgan fingerprint density at radius 2 is 1.53 bits per heavy atom. The zero-order valence-electron chi connectivity index (χ0n) is 11.9. The lowest BCUT2D eigenvalue weighted by Gasteiger charge is -2.01. The predicted molar refractivity (Wildman–Crippen MR) is 75.0 cm³/mol. The van der Waals surface area contributed by atoms with Gasteiger partial charge in [0.2, 0.25) is 0 Å². The van der Waals surface area contributed by atoms with Crippen molar-refractivity contribution in [2.24, 2.45) is 0 Å². The zero-order chi connectivity index (χ0) is 14.3. The minimum atomic E-state index is -0.710. The summed E-state index contributed by atoms with van der Waals surface area (Å²) in [5.41, 5.74) is 0. The number of carbonyl (C=O) groups excluding carboxylic acids is 1. The first-order valence-electron chi connectivity index (χ1n) is 7.13. The Bertz CT molecular complexity index is 271. The Morgan fingerprint density at radius 3 is 2.11 bits per heavy atom. The lowest BCUT2D eigenvalue weighted by atomic mass is 10.1. The summed E-state index contributed by atoms with van der Waals surface area (Å²) in [5, 5.41) is 8.46. The minimum absolute atomic E-state index is 0.203. The maximum Gasteiger partial charge on any atom is 0.303 e. The standard InChI is InChI=1S/C15H26O4/c1-14(16)19-13-11-9-7-5-3-2-4-6-8-10-12-15(17)18/h2,4H,3,5-13H2,1H3,(H,17,18)/b4-2+. The Balaban J connectivity index is 3.12. The summed E-state index contributed by atoms with van der Waals surface area (Å²) in [5.74, 6) is -0.913. The van der Waals surface area contributed by atoms with Crippen LogP contribution < -0.4 is 0 Å². The maximum absolute atomic E-state index is 10.5. The maximum atomic E-state index is 10.5. The van der Waals surface area contributed by atoms with Crippen molar-refractivity contribution in [1.29, 1.82) is 0 Å². The van der Waals surface area contributed by atoms with Crippen LogP contribution in [-0.2, 0) is 14.3 Å². The lowest BCUT2D eigenvalue weighted by molar-refractivity contribution is -0.141. The number of unbranched alkanes of at least 4 members (excludes halogenated alkanes) is 6. The molecule has 4 nitrogen and oxygen atoms in total. The van der Waals surface area contributed by atoms with Gasteiger partial charge in [-0.3, -0.25) is 9.59 Å². The second kappa shape index (κ2) is 13.1. The van der Waals surface area contributed by atoms with Crippen LogP contribution >= 0.6 is 0 Å². The molecule has 0 unspecified atom stereocenters. The van der Waals surface area contributed by atoms with Crippen molar-refractivity contribution in [3.63, 3.8) is 0 Å². The Morgan fingerprint density at radius 1 is 0.947 bits per heavy atom. The summed E-state index contributed by atoms with van der Waals surface area (Å²) >= 11 is 0. The number of carbonyl (C=O) groups is 2. The average molecular weight is 270 g/mol. The summed E-state index contributed by atoms with van der Waals surface area (Å²) < 4.78 is 4.85. The van der Waals surface area contributed by atoms with Crippen molar-refractivity contribution in [3.8, 4) is 0 Å². The number of aliphatic carboxylic acids is 1. The molecule has 0 spiro atoms. The Kier molecular flexibility index (Phi) is 12.2. The molecule has 0 amide bonds. The average Bonchev–Trinajstić information content (AvgIpc) is 2.34. The third-order valence-corrected chi connectivity index (χ3v) is 2.75. The lowest BCUT2D eigenvalue weighted by Crippen LogP contribution is -1.99. The van der Waals surface area contributed by atoms with Crippen LogP contribution in [0.2, 0.25) is 0 Å². The molecule has 4 heteroatoms. The highest BCUT2D eigenvalue weighted by Gasteiger charge is 1.94. The molecule has 19 heavy (non-hydrogen) atoms. The van der Waals surface area contributed by atoms with Crippen LogP contribution in [0.25, 0.3) is 0 Å². The number of esters is 1. The van der Waals surface area contributed by atoms with Crippen molar-refractivity contribution in [3.05, 3.63) is 12.2 Å². The second-order valence-corrected chi connectivity index (χ2v) is 4.65. The highest BCUT2D eigenvalue weighted by molar-refractivity contribution is 5.66. The van der Waals surface area contributed by atoms with Crippen molar-refractivity contribution < 1.29 is 19.4 Å². The number of carboxylic acids is 1. The van der Waals surface area contributed by atoms with Gasteiger partial charge in [-0.05, 0) is 38.5 Å². The second-order valence-electron chi connectivity index (χ2n) is 4.65. The molecule has 0 aliphatic heterocycles. The van der Waals surface area contributed by atoms with Gasteiger partial charge in [-0.1, -0.05) is 25.0 Å². The molecule has 0 saturated carbocycles. The van der Waals surface area contributed by atoms with Gasteiger partial charge in [0.15, 0.2) is 0 Å². The Hall–Kier alpha value is -1.32. The van der Waals surface area contributed by atoms with E-state index < -0.39 is 5.97 Å². The molecule has 0 aromatic heterocycles. The van der Waals surface area contributed by atoms with E-state index in [1.165, 1.54) is 6.92 Å². The van der Waals surface area contributed by atoms with E-state index in [4.69, 9.17) is 9.84 Å². The molecule has 0 rings (SSSR count). The zero-order valence-corrected chi connectivity index (χ0v) is 11.9. The molecule has 0 aromatic rings. The quantitative estimate of drug-likeness (QED) is 0.333. The number of allylic oxidation sites excluding steroid dienone is 2. The fourth-order valence-electron chi connectivity index (χ4n) is 1.71. The van der Waals surface area contributed by atoms with Crippen LogP contribution in [-0.4, -0.2) is 23.7 Å². The first-order valence-corrected chi connectivity index (χ1v) is 7.13. The molecule has 0 atom stereocenters. The summed E-state index contributed by atoms with van der Waals surface area (Å²) in [6, 6.07) is 0. The number of rotatable bonds is 12. The van der Waals surface area contributed by atoms with Crippen LogP contribution in [0.3, 0.4) is 0 Å². The van der Waals surface area contributed by atoms with Crippen LogP contribution in [0.4, 0.5) is 0 Å². The molecule has 0 aliphatic rings. The van der Waals surface area contributed by atoms with Gasteiger partial charge in [-0.2, -0.15) is 0 Å². The molecule has 0 fully saturated rings. The van der Waals surface area contributed by atoms with Crippen LogP contribution in [0.1, 0.15) is 64.7 Å². The molecule has 0 heterocycles. The van der Waals surface area contributed by atoms with E-state index in [9.17, 15) is 9.59 Å². The van der Waals surface area contributed by atoms with Crippen LogP contribution in [0, 0.1) is 0 Å². The molecule has 0 aromatic carbocycles. The van der Waals surface area contributed by atoms with Gasteiger partial charge in [-0.15, -0.1) is 0 Å². The largest absolute Gasteiger partial charge is 0.481 e. The molecule has 110 valence electrons. The summed E-state index contributed by atoms with van der Waals surface area (Å²) in [4.78, 5) is 20.8. The predicted octanol–water partition coefficient (Wildman–Crippen LogP) is 3.70. The van der Waals surface area contributed by atoms with Gasteiger partial charge in [-0.25, -0.2) is 0 Å². The number of hydrogen-bond acceptors (Lipinski definition) is 3. The van der Waals surface area contributed by atoms with Crippen LogP contribution in [0.15, 0.2) is 12.2 Å². The van der Waals surface area contributed by atoms with E-state index in [0.29, 0.717) is 6.61 Å². The first kappa shape index (κ1) is 17.7. The monoisotopic (exact) mass is 270 g/mol. The van der Waals surface area contributed by atoms with Crippen molar-refractivity contribution in [2.45, 2.75) is 64.7 Å². The highest BCUT2D eigenvalue weighted by Crippen LogP contribution is 2.06. The molecule has 0 radical (unpaired) electrons. The van der Waals surface area contributed by atoms with Gasteiger partial charge in [0.25, 0.3) is 0 Å². The molecule has 0 saturated heterocycles. The summed E-state index contributed by atoms with van der Waals surface area (Å²) in [7, 11) is 0. The number of ether oxygens (including phenoxy) is 1. The van der Waals surface area contributed by atoms with E-state index in [1.807, 2.05) is 0 Å². The first-order chi connectivity index (χ1) is 9.13. The minimum Gasteiger partial charge on any atom is -0.481 e. The van der Waals surface area contributed by atoms with Gasteiger partial charge in [0.05, 0.1) is 6.61 Å². The normalized spacial score (nSPS) is 10.8. The topological polar surface area (TPSA) is 63.6 Å². The fraction of sp³-hybridized carbons (Fsp3) is 0.733. The summed E-state index contributed by atoms with van der Waals surface area (Å²) in [6.07, 6.45) is 12.7. The van der Waals surface area contributed by atoms with E-state index in [1.54, 1.807) is 0 Å². The van der Waals surface area contributed by atoms with Gasteiger partial charge in [0, 0.05) is 13.3 Å². The highest BCUT2D eigenvalue weighted by atomic mass is 16.5. The van der Waals surface area contributed by atoms with E-state index in [2.05, 4.69) is 12.2 Å². The molecular weight excluding hydrogens is 244 g/mol. The van der Waals surface area contributed by atoms with Crippen LogP contribution in [0.5, 0.6) is 0 Å². The number of hydrogen-bond donors (Lipinski definition) is 1. The molecule has 1 N–H and O–H groups in total. The Labute approximate surface area is 115 Å².